The molecule has 1 aromatic heterocycles. The molecule has 0 aliphatic rings. The summed E-state index contributed by atoms with van der Waals surface area (Å²) in [5.74, 6) is 0.301. The molecule has 2 aromatic rings. The molecule has 0 aliphatic carbocycles. The van der Waals surface area contributed by atoms with Gasteiger partial charge in [0.1, 0.15) is 12.4 Å². The number of hydrogen-bond acceptors (Lipinski definition) is 3. The van der Waals surface area contributed by atoms with Gasteiger partial charge in [-0.1, -0.05) is 23.7 Å². The Labute approximate surface area is 91.7 Å². The van der Waals surface area contributed by atoms with Crippen molar-refractivity contribution >= 4 is 11.6 Å². The molecular formula is C10H7ClN4. The Kier molecular flexibility index (Phi) is 2.66. The maximum absolute atomic E-state index is 8.74. The minimum absolute atomic E-state index is 0.301. The number of benzene rings is 1. The van der Waals surface area contributed by atoms with Crippen molar-refractivity contribution in [3.8, 4) is 6.07 Å². The molecule has 0 unspecified atom stereocenters. The minimum Gasteiger partial charge on any atom is -0.301 e. The van der Waals surface area contributed by atoms with E-state index in [1.54, 1.807) is 4.57 Å². The summed E-state index contributed by atoms with van der Waals surface area (Å²) in [6.45, 7) is 0.552. The lowest BCUT2D eigenvalue weighted by Gasteiger charge is -2.02. The number of halogens is 1. The first-order valence-corrected chi connectivity index (χ1v) is 4.70. The molecule has 0 N–H and O–H groups in total. The van der Waals surface area contributed by atoms with Crippen LogP contribution in [0, 0.1) is 11.3 Å². The SMILES string of the molecule is N#Cc1nncn1Cc1cccc(Cl)c1. The average molecular weight is 219 g/mol. The fraction of sp³-hybridized carbons (Fsp3) is 0.100. The number of nitriles is 1. The van der Waals surface area contributed by atoms with Crippen LogP contribution in [0.25, 0.3) is 0 Å². The Bertz CT molecular complexity index is 512. The van der Waals surface area contributed by atoms with Gasteiger partial charge < -0.3 is 4.57 Å². The lowest BCUT2D eigenvalue weighted by molar-refractivity contribution is 0.780. The van der Waals surface area contributed by atoms with Crippen molar-refractivity contribution in [1.29, 1.82) is 5.26 Å². The normalized spacial score (nSPS) is 9.87. The lowest BCUT2D eigenvalue weighted by atomic mass is 10.2. The Morgan fingerprint density at radius 3 is 3.07 bits per heavy atom. The highest BCUT2D eigenvalue weighted by atomic mass is 35.5. The second-order valence-corrected chi connectivity index (χ2v) is 3.46. The van der Waals surface area contributed by atoms with Crippen LogP contribution in [0.2, 0.25) is 5.02 Å². The maximum atomic E-state index is 8.74. The summed E-state index contributed by atoms with van der Waals surface area (Å²) in [5.41, 5.74) is 1.01. The molecule has 74 valence electrons. The van der Waals surface area contributed by atoms with Crippen molar-refractivity contribution in [3.63, 3.8) is 0 Å². The van der Waals surface area contributed by atoms with E-state index in [-0.39, 0.29) is 0 Å². The van der Waals surface area contributed by atoms with E-state index in [4.69, 9.17) is 16.9 Å². The number of nitrogens with zero attached hydrogens (tertiary/aromatic N) is 4. The van der Waals surface area contributed by atoms with Gasteiger partial charge >= 0.3 is 0 Å². The third-order valence-corrected chi connectivity index (χ3v) is 2.19. The second kappa shape index (κ2) is 4.11. The van der Waals surface area contributed by atoms with Crippen LogP contribution >= 0.6 is 11.6 Å². The Balaban J connectivity index is 2.26. The molecule has 0 amide bonds. The van der Waals surface area contributed by atoms with Crippen molar-refractivity contribution in [3.05, 3.63) is 47.0 Å². The van der Waals surface area contributed by atoms with Crippen molar-refractivity contribution in [1.82, 2.24) is 14.8 Å². The summed E-state index contributed by atoms with van der Waals surface area (Å²) in [6, 6.07) is 9.43. The van der Waals surface area contributed by atoms with E-state index in [2.05, 4.69) is 10.2 Å². The molecule has 0 bridgehead atoms. The van der Waals surface area contributed by atoms with Crippen LogP contribution in [-0.2, 0) is 6.54 Å². The zero-order valence-corrected chi connectivity index (χ0v) is 8.52. The summed E-state index contributed by atoms with van der Waals surface area (Å²) >= 11 is 5.85. The van der Waals surface area contributed by atoms with Gasteiger partial charge in [-0.15, -0.1) is 10.2 Å². The molecular weight excluding hydrogens is 212 g/mol. The summed E-state index contributed by atoms with van der Waals surface area (Å²) in [6.07, 6.45) is 1.53. The van der Waals surface area contributed by atoms with Crippen molar-refractivity contribution in [2.24, 2.45) is 0 Å². The third kappa shape index (κ3) is 2.14. The van der Waals surface area contributed by atoms with Gasteiger partial charge in [-0.2, -0.15) is 5.26 Å². The zero-order chi connectivity index (χ0) is 10.7. The van der Waals surface area contributed by atoms with E-state index in [1.165, 1.54) is 6.33 Å². The van der Waals surface area contributed by atoms with Crippen molar-refractivity contribution in [2.75, 3.05) is 0 Å². The molecule has 2 rings (SSSR count). The second-order valence-electron chi connectivity index (χ2n) is 3.02. The maximum Gasteiger partial charge on any atom is 0.235 e. The van der Waals surface area contributed by atoms with Crippen molar-refractivity contribution < 1.29 is 0 Å². The summed E-state index contributed by atoms with van der Waals surface area (Å²) < 4.78 is 1.67. The molecule has 4 nitrogen and oxygen atoms in total. The molecule has 0 fully saturated rings. The number of aromatic nitrogens is 3. The molecule has 1 heterocycles. The summed E-state index contributed by atoms with van der Waals surface area (Å²) in [5, 5.41) is 16.8. The quantitative estimate of drug-likeness (QED) is 0.773. The number of rotatable bonds is 2. The molecule has 0 aliphatic heterocycles. The summed E-state index contributed by atoms with van der Waals surface area (Å²) in [7, 11) is 0. The van der Waals surface area contributed by atoms with Gasteiger partial charge in [0.2, 0.25) is 5.82 Å². The fourth-order valence-corrected chi connectivity index (χ4v) is 1.50. The lowest BCUT2D eigenvalue weighted by Crippen LogP contribution is -2.01. The molecule has 5 heteroatoms. The third-order valence-electron chi connectivity index (χ3n) is 1.96. The van der Waals surface area contributed by atoms with Crippen molar-refractivity contribution in [2.45, 2.75) is 6.54 Å². The number of hydrogen-bond donors (Lipinski definition) is 0. The van der Waals surface area contributed by atoms with E-state index >= 15 is 0 Å². The smallest absolute Gasteiger partial charge is 0.235 e. The first kappa shape index (κ1) is 9.69. The van der Waals surface area contributed by atoms with E-state index in [0.717, 1.165) is 5.56 Å². The highest BCUT2D eigenvalue weighted by molar-refractivity contribution is 6.30. The first-order valence-electron chi connectivity index (χ1n) is 4.32. The predicted molar refractivity (Wildman–Crippen MR) is 55.3 cm³/mol. The van der Waals surface area contributed by atoms with E-state index in [1.807, 2.05) is 30.3 Å². The van der Waals surface area contributed by atoms with Gasteiger partial charge in [-0.25, -0.2) is 0 Å². The molecule has 0 spiro atoms. The fourth-order valence-electron chi connectivity index (χ4n) is 1.29. The standard InChI is InChI=1S/C10H7ClN4/c11-9-3-1-2-8(4-9)6-15-7-13-14-10(15)5-12/h1-4,7H,6H2. The minimum atomic E-state index is 0.301. The Hall–Kier alpha value is -1.86. The first-order chi connectivity index (χ1) is 7.29. The van der Waals surface area contributed by atoms with Crippen LogP contribution in [0.5, 0.6) is 0 Å². The van der Waals surface area contributed by atoms with Gasteiger partial charge in [0.15, 0.2) is 0 Å². The highest BCUT2D eigenvalue weighted by Crippen LogP contribution is 2.12. The largest absolute Gasteiger partial charge is 0.301 e. The predicted octanol–water partition coefficient (Wildman–Crippen LogP) is 1.85. The van der Waals surface area contributed by atoms with Crippen LogP contribution in [0.3, 0.4) is 0 Å². The van der Waals surface area contributed by atoms with E-state index in [0.29, 0.717) is 17.4 Å². The summed E-state index contributed by atoms with van der Waals surface area (Å²) in [4.78, 5) is 0. The molecule has 1 aromatic carbocycles. The zero-order valence-electron chi connectivity index (χ0n) is 7.76. The van der Waals surface area contributed by atoms with Gasteiger partial charge in [-0.3, -0.25) is 0 Å². The Morgan fingerprint density at radius 1 is 1.47 bits per heavy atom. The molecule has 0 saturated carbocycles. The van der Waals surface area contributed by atoms with Crippen LogP contribution in [0.15, 0.2) is 30.6 Å². The molecule has 0 saturated heterocycles. The monoisotopic (exact) mass is 218 g/mol. The van der Waals surface area contributed by atoms with Crippen LogP contribution in [0.1, 0.15) is 11.4 Å². The van der Waals surface area contributed by atoms with Crippen LogP contribution in [-0.4, -0.2) is 14.8 Å². The van der Waals surface area contributed by atoms with Gasteiger partial charge in [0, 0.05) is 5.02 Å². The van der Waals surface area contributed by atoms with Gasteiger partial charge in [0.05, 0.1) is 6.54 Å². The highest BCUT2D eigenvalue weighted by Gasteiger charge is 2.03. The van der Waals surface area contributed by atoms with Gasteiger partial charge in [0.25, 0.3) is 0 Å². The van der Waals surface area contributed by atoms with Crippen LogP contribution < -0.4 is 0 Å². The van der Waals surface area contributed by atoms with E-state index < -0.39 is 0 Å². The topological polar surface area (TPSA) is 54.5 Å². The Morgan fingerprint density at radius 2 is 2.33 bits per heavy atom. The molecule has 0 atom stereocenters. The van der Waals surface area contributed by atoms with E-state index in [9.17, 15) is 0 Å². The molecule has 0 radical (unpaired) electrons. The van der Waals surface area contributed by atoms with Gasteiger partial charge in [-0.05, 0) is 17.7 Å². The van der Waals surface area contributed by atoms with Crippen LogP contribution in [0.4, 0.5) is 0 Å². The molecule has 15 heavy (non-hydrogen) atoms. The average Bonchev–Trinajstić information content (AvgIpc) is 2.65.